The zero-order chi connectivity index (χ0) is 21.4. The molecule has 3 aliphatic heterocycles. The molecule has 7 nitrogen and oxygen atoms in total. The van der Waals surface area contributed by atoms with Crippen LogP contribution in [0.1, 0.15) is 30.1 Å². The van der Waals surface area contributed by atoms with Gasteiger partial charge in [-0.3, -0.25) is 14.4 Å². The number of amides is 1. The molecule has 30 heavy (non-hydrogen) atoms. The van der Waals surface area contributed by atoms with Crippen molar-refractivity contribution in [1.29, 1.82) is 0 Å². The number of aliphatic imine (C=N–C) groups is 1. The van der Waals surface area contributed by atoms with E-state index < -0.39 is 27.3 Å². The van der Waals surface area contributed by atoms with Crippen LogP contribution in [0.3, 0.4) is 0 Å². The van der Waals surface area contributed by atoms with Crippen molar-refractivity contribution in [2.75, 3.05) is 18.8 Å². The Morgan fingerprint density at radius 3 is 2.87 bits per heavy atom. The number of dihydropyridines is 1. The van der Waals surface area contributed by atoms with E-state index in [1.165, 1.54) is 6.08 Å². The Morgan fingerprint density at radius 2 is 2.10 bits per heavy atom. The van der Waals surface area contributed by atoms with Gasteiger partial charge in [0.05, 0.1) is 16.9 Å². The number of halogens is 2. The molecule has 0 saturated carbocycles. The average Bonchev–Trinajstić information content (AvgIpc) is 2.91. The molecular weight excluding hydrogens is 473 g/mol. The Labute approximate surface area is 184 Å². The van der Waals surface area contributed by atoms with Crippen LogP contribution in [-0.2, 0) is 9.92 Å². The Bertz CT molecular complexity index is 1060. The second-order valence-corrected chi connectivity index (χ2v) is 10.7. The fraction of sp³-hybridized carbons (Fsp3) is 0.400. The molecule has 2 N–H and O–H groups in total. The monoisotopic (exact) mass is 495 g/mol. The minimum atomic E-state index is -2.90. The summed E-state index contributed by atoms with van der Waals surface area (Å²) in [4.78, 5) is 17.6. The van der Waals surface area contributed by atoms with Crippen molar-refractivity contribution < 1.29 is 13.4 Å². The van der Waals surface area contributed by atoms with E-state index in [0.717, 1.165) is 12.8 Å². The Kier molecular flexibility index (Phi) is 5.71. The van der Waals surface area contributed by atoms with E-state index in [4.69, 9.17) is 4.99 Å². The summed E-state index contributed by atoms with van der Waals surface area (Å²) in [6.45, 7) is 2.67. The largest absolute Gasteiger partial charge is 0.368 e. The Hall–Kier alpha value is -2.20. The number of benzene rings is 1. The van der Waals surface area contributed by atoms with Crippen LogP contribution in [0, 0.1) is 0 Å². The van der Waals surface area contributed by atoms with E-state index in [9.17, 15) is 13.4 Å². The minimum absolute atomic E-state index is 0.0594. The second-order valence-electron chi connectivity index (χ2n) is 7.67. The molecule has 3 atom stereocenters. The van der Waals surface area contributed by atoms with Crippen molar-refractivity contribution in [3.63, 3.8) is 0 Å². The van der Waals surface area contributed by atoms with E-state index in [1.54, 1.807) is 41.6 Å². The normalized spacial score (nSPS) is 31.1. The van der Waals surface area contributed by atoms with Crippen molar-refractivity contribution in [2.24, 2.45) is 9.36 Å². The summed E-state index contributed by atoms with van der Waals surface area (Å²) >= 11 is 3.34. The van der Waals surface area contributed by atoms with Gasteiger partial charge in [0.25, 0.3) is 5.91 Å². The third kappa shape index (κ3) is 4.02. The highest BCUT2D eigenvalue weighted by Crippen LogP contribution is 2.34. The van der Waals surface area contributed by atoms with E-state index in [1.807, 2.05) is 6.07 Å². The van der Waals surface area contributed by atoms with Gasteiger partial charge in [-0.25, -0.2) is 18.0 Å². The van der Waals surface area contributed by atoms with Crippen LogP contribution in [0.25, 0.3) is 0 Å². The lowest BCUT2D eigenvalue weighted by molar-refractivity contribution is 0.0973. The van der Waals surface area contributed by atoms with Gasteiger partial charge in [0.2, 0.25) is 5.96 Å². The molecule has 160 valence electrons. The lowest BCUT2D eigenvalue weighted by Crippen LogP contribution is -2.61. The summed E-state index contributed by atoms with van der Waals surface area (Å²) in [6.07, 6.45) is 4.51. The zero-order valence-corrected chi connectivity index (χ0v) is 18.9. The maximum atomic E-state index is 14.8. The summed E-state index contributed by atoms with van der Waals surface area (Å²) in [7, 11) is -2.90. The van der Waals surface area contributed by atoms with Gasteiger partial charge in [-0.05, 0) is 60.0 Å². The molecule has 3 aliphatic rings. The molecule has 0 radical (unpaired) electrons. The van der Waals surface area contributed by atoms with Crippen LogP contribution in [0.4, 0.5) is 4.39 Å². The lowest BCUT2D eigenvalue weighted by Gasteiger charge is -2.43. The number of hydrogen-bond donors (Lipinski definition) is 2. The average molecular weight is 496 g/mol. The molecule has 0 saturated heterocycles. The molecule has 3 heterocycles. The summed E-state index contributed by atoms with van der Waals surface area (Å²) in [5, 5.41) is 5.85. The molecule has 0 fully saturated rings. The summed E-state index contributed by atoms with van der Waals surface area (Å²) < 4.78 is 35.4. The van der Waals surface area contributed by atoms with Crippen molar-refractivity contribution >= 4 is 37.7 Å². The highest BCUT2D eigenvalue weighted by Gasteiger charge is 2.47. The van der Waals surface area contributed by atoms with Gasteiger partial charge in [0.1, 0.15) is 27.3 Å². The molecule has 10 heteroatoms. The van der Waals surface area contributed by atoms with Crippen LogP contribution in [0.5, 0.6) is 0 Å². The summed E-state index contributed by atoms with van der Waals surface area (Å²) in [5.41, 5.74) is -0.660. The first-order valence-electron chi connectivity index (χ1n) is 9.75. The number of guanidine groups is 1. The van der Waals surface area contributed by atoms with Gasteiger partial charge >= 0.3 is 0 Å². The molecule has 0 aliphatic carbocycles. The maximum Gasteiger partial charge on any atom is 0.257 e. The van der Waals surface area contributed by atoms with E-state index in [-0.39, 0.29) is 17.6 Å². The molecular formula is C20H23BrFN5O2S. The second kappa shape index (κ2) is 8.14. The Morgan fingerprint density at radius 1 is 1.33 bits per heavy atom. The van der Waals surface area contributed by atoms with E-state index in [0.29, 0.717) is 23.3 Å². The minimum Gasteiger partial charge on any atom is -0.368 e. The number of carbonyl (C=O) groups excluding carboxylic acids is 1. The van der Waals surface area contributed by atoms with Gasteiger partial charge in [-0.2, -0.15) is 0 Å². The molecule has 1 amide bonds. The molecule has 1 aromatic carbocycles. The standard InChI is InChI=1S/C20H23BrFN5O2S/c1-20(17-15(22)9-10-16(21)24-17)13-30(29)23-11-5-6-12-27(30)19(26-20)25-18(28)14-7-3-2-4-8-14/h2-4,7-10,17,24H,5-6,11-13H2,1H3,(H,25,26,28)/t17?,20-,30-/m0/s1. The molecule has 1 unspecified atom stereocenters. The lowest BCUT2D eigenvalue weighted by atomic mass is 9.92. The van der Waals surface area contributed by atoms with Crippen LogP contribution >= 0.6 is 15.9 Å². The van der Waals surface area contributed by atoms with E-state index in [2.05, 4.69) is 30.9 Å². The predicted octanol–water partition coefficient (Wildman–Crippen LogP) is 3.09. The number of carbonyl (C=O) groups is 1. The van der Waals surface area contributed by atoms with Crippen LogP contribution < -0.4 is 10.6 Å². The molecule has 1 aromatic rings. The fourth-order valence-electron chi connectivity index (χ4n) is 3.82. The zero-order valence-electron chi connectivity index (χ0n) is 16.5. The summed E-state index contributed by atoms with van der Waals surface area (Å²) in [6, 6.07) is 7.90. The number of allylic oxidation sites excluding steroid dienone is 2. The highest BCUT2D eigenvalue weighted by molar-refractivity contribution is 9.11. The predicted molar refractivity (Wildman–Crippen MR) is 119 cm³/mol. The fourth-order valence-corrected chi connectivity index (χ4v) is 6.75. The van der Waals surface area contributed by atoms with Crippen LogP contribution in [-0.4, -0.2) is 50.8 Å². The first-order chi connectivity index (χ1) is 14.3. The summed E-state index contributed by atoms with van der Waals surface area (Å²) in [5.74, 6) is -0.542. The smallest absolute Gasteiger partial charge is 0.257 e. The van der Waals surface area contributed by atoms with Crippen LogP contribution in [0.2, 0.25) is 0 Å². The first kappa shape index (κ1) is 21.0. The topological polar surface area (TPSA) is 86.2 Å². The Balaban J connectivity index is 1.76. The number of rotatable bonds is 2. The van der Waals surface area contributed by atoms with Gasteiger partial charge in [0.15, 0.2) is 0 Å². The molecule has 0 aromatic heterocycles. The maximum absolute atomic E-state index is 14.8. The quantitative estimate of drug-likeness (QED) is 0.618. The molecule has 0 spiro atoms. The van der Waals surface area contributed by atoms with Crippen molar-refractivity contribution in [3.8, 4) is 0 Å². The van der Waals surface area contributed by atoms with Crippen molar-refractivity contribution in [1.82, 2.24) is 14.9 Å². The van der Waals surface area contributed by atoms with Gasteiger partial charge in [0, 0.05) is 12.1 Å². The molecule has 0 bridgehead atoms. The third-order valence-corrected chi connectivity index (χ3v) is 8.40. The highest BCUT2D eigenvalue weighted by atomic mass is 79.9. The SMILES string of the molecule is C[C@@]1(C2NC(Br)=CC=C2F)C[S@]2(=O)=NCCCCN2C(NC(=O)c2ccccc2)=N1. The van der Waals surface area contributed by atoms with E-state index >= 15 is 0 Å². The number of fused-ring (bicyclic) bond motifs is 1. The first-order valence-corrected chi connectivity index (χ1v) is 12.2. The van der Waals surface area contributed by atoms with Gasteiger partial charge in [-0.15, -0.1) is 0 Å². The van der Waals surface area contributed by atoms with Crippen molar-refractivity contribution in [3.05, 3.63) is 58.5 Å². The van der Waals surface area contributed by atoms with Crippen molar-refractivity contribution in [2.45, 2.75) is 31.3 Å². The third-order valence-electron chi connectivity index (χ3n) is 5.31. The number of nitrogens with one attached hydrogen (secondary N) is 2. The van der Waals surface area contributed by atoms with Gasteiger partial charge in [-0.1, -0.05) is 18.2 Å². The molecule has 4 rings (SSSR count). The number of nitrogens with zero attached hydrogens (tertiary/aromatic N) is 3. The van der Waals surface area contributed by atoms with Crippen LogP contribution in [0.15, 0.2) is 62.3 Å². The number of hydrogen-bond acceptors (Lipinski definition) is 5. The van der Waals surface area contributed by atoms with Gasteiger partial charge < -0.3 is 5.32 Å².